The number of thiocarbonyl (C=S) groups is 1. The lowest BCUT2D eigenvalue weighted by atomic mass is 10.0. The number of anilines is 1. The van der Waals surface area contributed by atoms with E-state index in [-0.39, 0.29) is 5.91 Å². The third-order valence-electron chi connectivity index (χ3n) is 4.32. The van der Waals surface area contributed by atoms with E-state index < -0.39 is 5.41 Å². The number of hydrogen-bond acceptors (Lipinski definition) is 3. The standard InChI is InChI=1S/C15H19N3OS/c16-13(20)15(6-7-15)14(19)18-10-8-17(9-11-18)12-4-2-1-3-5-12/h1-5H,6-11H2,(H2,16,20). The van der Waals surface area contributed by atoms with Crippen LogP contribution in [0.2, 0.25) is 0 Å². The third kappa shape index (κ3) is 2.26. The zero-order valence-corrected chi connectivity index (χ0v) is 12.2. The van der Waals surface area contributed by atoms with E-state index in [9.17, 15) is 4.79 Å². The Balaban J connectivity index is 1.62. The second kappa shape index (κ2) is 5.05. The molecule has 0 unspecified atom stereocenters. The second-order valence-corrected chi connectivity index (χ2v) is 6.00. The van der Waals surface area contributed by atoms with Crippen molar-refractivity contribution >= 4 is 28.8 Å². The number of rotatable bonds is 3. The Kier molecular flexibility index (Phi) is 3.38. The van der Waals surface area contributed by atoms with E-state index in [4.69, 9.17) is 18.0 Å². The molecule has 2 fully saturated rings. The van der Waals surface area contributed by atoms with Gasteiger partial charge >= 0.3 is 0 Å². The number of nitrogens with two attached hydrogens (primary N) is 1. The molecule has 20 heavy (non-hydrogen) atoms. The molecule has 1 aromatic rings. The summed E-state index contributed by atoms with van der Waals surface area (Å²) in [7, 11) is 0. The SMILES string of the molecule is NC(=S)C1(C(=O)N2CCN(c3ccccc3)CC2)CC1. The monoisotopic (exact) mass is 289 g/mol. The van der Waals surface area contributed by atoms with Gasteiger partial charge in [0, 0.05) is 31.9 Å². The Morgan fingerprint density at radius 2 is 1.70 bits per heavy atom. The summed E-state index contributed by atoms with van der Waals surface area (Å²) in [5, 5.41) is 0. The van der Waals surface area contributed by atoms with E-state index in [2.05, 4.69) is 17.0 Å². The van der Waals surface area contributed by atoms with Crippen LogP contribution in [0.1, 0.15) is 12.8 Å². The molecule has 1 aliphatic heterocycles. The van der Waals surface area contributed by atoms with Gasteiger partial charge in [-0.1, -0.05) is 30.4 Å². The van der Waals surface area contributed by atoms with Gasteiger partial charge in [0.25, 0.3) is 0 Å². The molecule has 0 spiro atoms. The Bertz CT molecular complexity index is 519. The highest BCUT2D eigenvalue weighted by atomic mass is 32.1. The number of carbonyl (C=O) groups excluding carboxylic acids is 1. The van der Waals surface area contributed by atoms with Gasteiger partial charge in [0.1, 0.15) is 0 Å². The van der Waals surface area contributed by atoms with Crippen molar-refractivity contribution in [2.45, 2.75) is 12.8 Å². The van der Waals surface area contributed by atoms with Crippen molar-refractivity contribution in [1.82, 2.24) is 4.90 Å². The molecule has 1 saturated carbocycles. The van der Waals surface area contributed by atoms with Crippen molar-refractivity contribution in [1.29, 1.82) is 0 Å². The highest BCUT2D eigenvalue weighted by molar-refractivity contribution is 7.80. The van der Waals surface area contributed by atoms with Crippen molar-refractivity contribution < 1.29 is 4.79 Å². The summed E-state index contributed by atoms with van der Waals surface area (Å²) in [4.78, 5) is 17.1. The quantitative estimate of drug-likeness (QED) is 0.855. The molecular weight excluding hydrogens is 270 g/mol. The average Bonchev–Trinajstić information content (AvgIpc) is 3.29. The molecular formula is C15H19N3OS. The van der Waals surface area contributed by atoms with Crippen LogP contribution in [0.4, 0.5) is 5.69 Å². The third-order valence-corrected chi connectivity index (χ3v) is 4.71. The minimum atomic E-state index is -0.510. The van der Waals surface area contributed by atoms with Crippen molar-refractivity contribution in [3.8, 4) is 0 Å². The molecule has 4 nitrogen and oxygen atoms in total. The molecule has 0 bridgehead atoms. The number of benzene rings is 1. The van der Waals surface area contributed by atoms with Crippen molar-refractivity contribution in [2.75, 3.05) is 31.1 Å². The van der Waals surface area contributed by atoms with Crippen LogP contribution in [0.15, 0.2) is 30.3 Å². The second-order valence-electron chi connectivity index (χ2n) is 5.56. The van der Waals surface area contributed by atoms with Crippen molar-refractivity contribution in [2.24, 2.45) is 11.1 Å². The summed E-state index contributed by atoms with van der Waals surface area (Å²) in [6.07, 6.45) is 1.64. The predicted molar refractivity (Wildman–Crippen MR) is 83.7 cm³/mol. The van der Waals surface area contributed by atoms with Gasteiger partial charge in [-0.3, -0.25) is 4.79 Å². The number of hydrogen-bond donors (Lipinski definition) is 1. The summed E-state index contributed by atoms with van der Waals surface area (Å²) in [5.41, 5.74) is 6.44. The molecule has 1 saturated heterocycles. The Labute approximate surface area is 124 Å². The fourth-order valence-corrected chi connectivity index (χ4v) is 3.09. The molecule has 0 radical (unpaired) electrons. The van der Waals surface area contributed by atoms with Crippen LogP contribution < -0.4 is 10.6 Å². The average molecular weight is 289 g/mol. The minimum absolute atomic E-state index is 0.137. The van der Waals surface area contributed by atoms with Gasteiger partial charge in [-0.05, 0) is 25.0 Å². The molecule has 1 aromatic carbocycles. The predicted octanol–water partition coefficient (Wildman–Crippen LogP) is 1.40. The summed E-state index contributed by atoms with van der Waals surface area (Å²) in [6, 6.07) is 10.3. The highest BCUT2D eigenvalue weighted by Crippen LogP contribution is 2.47. The van der Waals surface area contributed by atoms with Crippen LogP contribution >= 0.6 is 12.2 Å². The smallest absolute Gasteiger partial charge is 0.235 e. The molecule has 3 rings (SSSR count). The maximum atomic E-state index is 12.5. The number of carbonyl (C=O) groups is 1. The number of nitrogens with zero attached hydrogens (tertiary/aromatic N) is 2. The molecule has 5 heteroatoms. The zero-order valence-electron chi connectivity index (χ0n) is 11.4. The van der Waals surface area contributed by atoms with Gasteiger partial charge in [-0.2, -0.15) is 0 Å². The summed E-state index contributed by atoms with van der Waals surface area (Å²) < 4.78 is 0. The first-order valence-corrected chi connectivity index (χ1v) is 7.44. The maximum absolute atomic E-state index is 12.5. The summed E-state index contributed by atoms with van der Waals surface area (Å²) in [6.45, 7) is 3.22. The van der Waals surface area contributed by atoms with Crippen molar-refractivity contribution in [3.05, 3.63) is 30.3 Å². The van der Waals surface area contributed by atoms with Crippen LogP contribution in [-0.2, 0) is 4.79 Å². The van der Waals surface area contributed by atoms with Crippen LogP contribution in [0.3, 0.4) is 0 Å². The van der Waals surface area contributed by atoms with Crippen LogP contribution in [0.25, 0.3) is 0 Å². The fraction of sp³-hybridized carbons (Fsp3) is 0.467. The van der Waals surface area contributed by atoms with E-state index >= 15 is 0 Å². The van der Waals surface area contributed by atoms with Gasteiger partial charge in [0.2, 0.25) is 5.91 Å². The topological polar surface area (TPSA) is 49.6 Å². The Morgan fingerprint density at radius 1 is 1.10 bits per heavy atom. The van der Waals surface area contributed by atoms with E-state index in [0.717, 1.165) is 39.0 Å². The van der Waals surface area contributed by atoms with Gasteiger partial charge in [-0.25, -0.2) is 0 Å². The van der Waals surface area contributed by atoms with Crippen LogP contribution in [-0.4, -0.2) is 42.0 Å². The molecule has 2 N–H and O–H groups in total. The molecule has 106 valence electrons. The number of piperazine rings is 1. The number of amides is 1. The lowest BCUT2D eigenvalue weighted by Gasteiger charge is -2.37. The van der Waals surface area contributed by atoms with E-state index in [1.165, 1.54) is 5.69 Å². The van der Waals surface area contributed by atoms with Crippen LogP contribution in [0, 0.1) is 5.41 Å². The molecule has 1 amide bonds. The van der Waals surface area contributed by atoms with E-state index in [1.54, 1.807) is 0 Å². The highest BCUT2D eigenvalue weighted by Gasteiger charge is 2.54. The number of para-hydroxylation sites is 1. The summed E-state index contributed by atoms with van der Waals surface area (Å²) in [5.74, 6) is 0.137. The molecule has 0 atom stereocenters. The maximum Gasteiger partial charge on any atom is 0.235 e. The van der Waals surface area contributed by atoms with Crippen LogP contribution in [0.5, 0.6) is 0 Å². The fourth-order valence-electron chi connectivity index (χ4n) is 2.80. The molecule has 2 aliphatic rings. The molecule has 1 aliphatic carbocycles. The van der Waals surface area contributed by atoms with Gasteiger partial charge in [-0.15, -0.1) is 0 Å². The summed E-state index contributed by atoms with van der Waals surface area (Å²) >= 11 is 5.06. The lowest BCUT2D eigenvalue weighted by molar-refractivity contribution is -0.134. The first-order valence-electron chi connectivity index (χ1n) is 7.03. The first kappa shape index (κ1) is 13.4. The van der Waals surface area contributed by atoms with Gasteiger partial charge in [0.05, 0.1) is 10.4 Å². The van der Waals surface area contributed by atoms with Gasteiger partial charge in [0.15, 0.2) is 0 Å². The minimum Gasteiger partial charge on any atom is -0.392 e. The lowest BCUT2D eigenvalue weighted by Crippen LogP contribution is -2.52. The normalized spacial score (nSPS) is 20.6. The van der Waals surface area contributed by atoms with Crippen molar-refractivity contribution in [3.63, 3.8) is 0 Å². The zero-order chi connectivity index (χ0) is 14.2. The largest absolute Gasteiger partial charge is 0.392 e. The van der Waals surface area contributed by atoms with E-state index in [1.807, 2.05) is 23.1 Å². The Hall–Kier alpha value is -1.62. The van der Waals surface area contributed by atoms with E-state index in [0.29, 0.717) is 4.99 Å². The Morgan fingerprint density at radius 3 is 2.20 bits per heavy atom. The molecule has 0 aromatic heterocycles. The molecule has 1 heterocycles. The van der Waals surface area contributed by atoms with Gasteiger partial charge < -0.3 is 15.5 Å². The first-order chi connectivity index (χ1) is 9.63.